The van der Waals surface area contributed by atoms with Crippen molar-refractivity contribution in [1.29, 1.82) is 5.26 Å². The van der Waals surface area contributed by atoms with Gasteiger partial charge in [-0.05, 0) is 26.0 Å². The topological polar surface area (TPSA) is 66.2 Å². The largest absolute Gasteiger partial charge is 0.466 e. The van der Waals surface area contributed by atoms with E-state index in [0.717, 1.165) is 0 Å². The fourth-order valence-corrected chi connectivity index (χ4v) is 1.68. The van der Waals surface area contributed by atoms with Crippen LogP contribution in [-0.4, -0.2) is 30.6 Å². The molecule has 0 spiro atoms. The van der Waals surface area contributed by atoms with Crippen molar-refractivity contribution in [1.82, 2.24) is 4.98 Å². The average molecular weight is 282 g/mol. The Morgan fingerprint density at radius 3 is 2.89 bits per heavy atom. The van der Waals surface area contributed by atoms with Crippen LogP contribution in [0.1, 0.15) is 26.0 Å². The number of pyridine rings is 1. The Morgan fingerprint density at radius 1 is 1.63 bits per heavy atom. The van der Waals surface area contributed by atoms with Crippen LogP contribution in [0.3, 0.4) is 0 Å². The molecule has 0 bridgehead atoms. The van der Waals surface area contributed by atoms with E-state index < -0.39 is 0 Å². The second kappa shape index (κ2) is 6.95. The van der Waals surface area contributed by atoms with Crippen molar-refractivity contribution >= 4 is 23.4 Å². The number of aromatic nitrogens is 1. The summed E-state index contributed by atoms with van der Waals surface area (Å²) in [5, 5.41) is 9.21. The highest BCUT2D eigenvalue weighted by Crippen LogP contribution is 2.20. The number of carbonyl (C=O) groups excluding carboxylic acids is 1. The summed E-state index contributed by atoms with van der Waals surface area (Å²) in [6.07, 6.45) is 0.260. The van der Waals surface area contributed by atoms with E-state index in [4.69, 9.17) is 21.6 Å². The Bertz CT molecular complexity index is 499. The van der Waals surface area contributed by atoms with Gasteiger partial charge in [-0.15, -0.1) is 0 Å². The van der Waals surface area contributed by atoms with Crippen LogP contribution in [0.4, 0.5) is 5.82 Å². The summed E-state index contributed by atoms with van der Waals surface area (Å²) in [6, 6.07) is 5.18. The Labute approximate surface area is 117 Å². The maximum absolute atomic E-state index is 11.4. The lowest BCUT2D eigenvalue weighted by atomic mass is 10.2. The maximum atomic E-state index is 11.4. The molecule has 0 saturated heterocycles. The summed E-state index contributed by atoms with van der Waals surface area (Å²) in [7, 11) is 1.81. The smallest absolute Gasteiger partial charge is 0.307 e. The van der Waals surface area contributed by atoms with Crippen LogP contribution in [-0.2, 0) is 9.53 Å². The first-order valence-corrected chi connectivity index (χ1v) is 6.32. The number of anilines is 1. The molecule has 1 aromatic rings. The third kappa shape index (κ3) is 4.11. The van der Waals surface area contributed by atoms with Gasteiger partial charge in [0.2, 0.25) is 0 Å². The van der Waals surface area contributed by atoms with E-state index in [1.54, 1.807) is 26.1 Å². The molecule has 0 amide bonds. The zero-order chi connectivity index (χ0) is 14.4. The lowest BCUT2D eigenvalue weighted by molar-refractivity contribution is -0.143. The summed E-state index contributed by atoms with van der Waals surface area (Å²) in [6.45, 7) is 4.03. The second-order valence-corrected chi connectivity index (χ2v) is 4.49. The molecule has 0 saturated carbocycles. The molecule has 1 atom stereocenters. The Balaban J connectivity index is 2.79. The normalized spacial score (nSPS) is 11.5. The fourth-order valence-electron chi connectivity index (χ4n) is 1.53. The first kappa shape index (κ1) is 15.3. The first-order chi connectivity index (χ1) is 8.99. The van der Waals surface area contributed by atoms with Crippen LogP contribution in [0, 0.1) is 11.3 Å². The van der Waals surface area contributed by atoms with Gasteiger partial charge in [0.15, 0.2) is 5.69 Å². The highest BCUT2D eigenvalue weighted by Gasteiger charge is 2.17. The monoisotopic (exact) mass is 281 g/mol. The van der Waals surface area contributed by atoms with Crippen molar-refractivity contribution in [3.63, 3.8) is 0 Å². The number of hydrogen-bond acceptors (Lipinski definition) is 5. The van der Waals surface area contributed by atoms with Gasteiger partial charge in [0.05, 0.1) is 18.1 Å². The molecule has 1 rings (SSSR count). The molecule has 0 N–H and O–H groups in total. The molecule has 1 unspecified atom stereocenters. The van der Waals surface area contributed by atoms with Crippen LogP contribution in [0.15, 0.2) is 12.1 Å². The molecular weight excluding hydrogens is 266 g/mol. The molecule has 0 fully saturated rings. The molecule has 1 aromatic heterocycles. The van der Waals surface area contributed by atoms with Gasteiger partial charge in [0.1, 0.15) is 11.9 Å². The molecule has 6 heteroatoms. The molecule has 102 valence electrons. The van der Waals surface area contributed by atoms with Crippen molar-refractivity contribution in [2.24, 2.45) is 0 Å². The third-order valence-electron chi connectivity index (χ3n) is 2.73. The zero-order valence-corrected chi connectivity index (χ0v) is 11.9. The lowest BCUT2D eigenvalue weighted by Gasteiger charge is -2.25. The van der Waals surface area contributed by atoms with Gasteiger partial charge in [0, 0.05) is 13.1 Å². The molecule has 0 aliphatic heterocycles. The lowest BCUT2D eigenvalue weighted by Crippen LogP contribution is -2.32. The summed E-state index contributed by atoms with van der Waals surface area (Å²) in [5.74, 6) is 0.342. The zero-order valence-electron chi connectivity index (χ0n) is 11.2. The van der Waals surface area contributed by atoms with E-state index in [0.29, 0.717) is 17.4 Å². The van der Waals surface area contributed by atoms with Crippen molar-refractivity contribution in [3.05, 3.63) is 22.8 Å². The standard InChI is InChI=1S/C13H16ClN3O2/c1-4-19-13(18)7-9(2)17(3)12-6-5-10(14)11(8-15)16-12/h5-6,9H,4,7H2,1-3H3. The summed E-state index contributed by atoms with van der Waals surface area (Å²) < 4.78 is 4.90. The summed E-state index contributed by atoms with van der Waals surface area (Å²) in [4.78, 5) is 17.4. The second-order valence-electron chi connectivity index (χ2n) is 4.08. The number of hydrogen-bond donors (Lipinski definition) is 0. The highest BCUT2D eigenvalue weighted by molar-refractivity contribution is 6.31. The molecule has 0 radical (unpaired) electrons. The number of nitrogens with zero attached hydrogens (tertiary/aromatic N) is 3. The molecule has 0 aliphatic rings. The molecule has 19 heavy (non-hydrogen) atoms. The highest BCUT2D eigenvalue weighted by atomic mass is 35.5. The van der Waals surface area contributed by atoms with Gasteiger partial charge in [-0.3, -0.25) is 4.79 Å². The molecule has 1 heterocycles. The van der Waals surface area contributed by atoms with Crippen molar-refractivity contribution in [2.75, 3.05) is 18.6 Å². The van der Waals surface area contributed by atoms with Gasteiger partial charge < -0.3 is 9.64 Å². The van der Waals surface area contributed by atoms with E-state index in [1.165, 1.54) is 0 Å². The number of nitriles is 1. The third-order valence-corrected chi connectivity index (χ3v) is 3.03. The average Bonchev–Trinajstić information content (AvgIpc) is 2.38. The Hall–Kier alpha value is -1.80. The van der Waals surface area contributed by atoms with Gasteiger partial charge >= 0.3 is 5.97 Å². The molecule has 5 nitrogen and oxygen atoms in total. The predicted octanol–water partition coefficient (Wildman–Crippen LogP) is 2.38. The van der Waals surface area contributed by atoms with E-state index in [9.17, 15) is 4.79 Å². The van der Waals surface area contributed by atoms with E-state index in [1.807, 2.05) is 17.9 Å². The molecular formula is C13H16ClN3O2. The van der Waals surface area contributed by atoms with E-state index in [-0.39, 0.29) is 24.1 Å². The predicted molar refractivity (Wildman–Crippen MR) is 73.1 cm³/mol. The van der Waals surface area contributed by atoms with Gasteiger partial charge in [-0.1, -0.05) is 11.6 Å². The minimum Gasteiger partial charge on any atom is -0.466 e. The summed E-state index contributed by atoms with van der Waals surface area (Å²) >= 11 is 5.83. The Kier molecular flexibility index (Phi) is 5.58. The summed E-state index contributed by atoms with van der Waals surface area (Å²) in [5.41, 5.74) is 0.175. The van der Waals surface area contributed by atoms with Gasteiger partial charge in [-0.25, -0.2) is 4.98 Å². The van der Waals surface area contributed by atoms with Crippen LogP contribution >= 0.6 is 11.6 Å². The van der Waals surface area contributed by atoms with Crippen molar-refractivity contribution < 1.29 is 9.53 Å². The van der Waals surface area contributed by atoms with Crippen LogP contribution in [0.2, 0.25) is 5.02 Å². The van der Waals surface area contributed by atoms with Crippen molar-refractivity contribution in [3.8, 4) is 6.07 Å². The van der Waals surface area contributed by atoms with Gasteiger partial charge in [-0.2, -0.15) is 5.26 Å². The van der Waals surface area contributed by atoms with Crippen molar-refractivity contribution in [2.45, 2.75) is 26.3 Å². The van der Waals surface area contributed by atoms with E-state index >= 15 is 0 Å². The number of halogens is 1. The van der Waals surface area contributed by atoms with Crippen LogP contribution in [0.25, 0.3) is 0 Å². The number of esters is 1. The first-order valence-electron chi connectivity index (χ1n) is 5.94. The van der Waals surface area contributed by atoms with Crippen LogP contribution in [0.5, 0.6) is 0 Å². The number of ether oxygens (including phenoxy) is 1. The maximum Gasteiger partial charge on any atom is 0.307 e. The SMILES string of the molecule is CCOC(=O)CC(C)N(C)c1ccc(Cl)c(C#N)n1. The molecule has 0 aromatic carbocycles. The fraction of sp³-hybridized carbons (Fsp3) is 0.462. The minimum absolute atomic E-state index is 0.0840. The number of carbonyl (C=O) groups is 1. The van der Waals surface area contributed by atoms with Crippen LogP contribution < -0.4 is 4.90 Å². The molecule has 0 aliphatic carbocycles. The minimum atomic E-state index is -0.253. The Morgan fingerprint density at radius 2 is 2.32 bits per heavy atom. The quantitative estimate of drug-likeness (QED) is 0.775. The van der Waals surface area contributed by atoms with Gasteiger partial charge in [0.25, 0.3) is 0 Å². The number of rotatable bonds is 5. The van der Waals surface area contributed by atoms with E-state index in [2.05, 4.69) is 4.98 Å².